The van der Waals surface area contributed by atoms with E-state index in [1.165, 1.54) is 36.4 Å². The summed E-state index contributed by atoms with van der Waals surface area (Å²) in [7, 11) is 0. The van der Waals surface area contributed by atoms with E-state index < -0.39 is 22.9 Å². The molecule has 0 aliphatic carbocycles. The minimum absolute atomic E-state index is 0.000150. The zero-order valence-corrected chi connectivity index (χ0v) is 17.6. The van der Waals surface area contributed by atoms with Gasteiger partial charge in [-0.25, -0.2) is 0 Å². The largest absolute Gasteiger partial charge is 0.507 e. The van der Waals surface area contributed by atoms with Crippen LogP contribution in [0.3, 0.4) is 0 Å². The summed E-state index contributed by atoms with van der Waals surface area (Å²) in [6.45, 7) is 3.19. The molecule has 8 heteroatoms. The number of nitrogens with one attached hydrogen (secondary N) is 1. The Labute approximate surface area is 181 Å². The molecule has 1 fully saturated rings. The maximum Gasteiger partial charge on any atom is 0.450 e. The van der Waals surface area contributed by atoms with Gasteiger partial charge in [0.1, 0.15) is 12.3 Å². The van der Waals surface area contributed by atoms with E-state index >= 15 is 0 Å². The van der Waals surface area contributed by atoms with Gasteiger partial charge in [-0.15, -0.1) is 0 Å². The van der Waals surface area contributed by atoms with Crippen LogP contribution in [-0.4, -0.2) is 17.7 Å². The number of halogens is 4. The van der Waals surface area contributed by atoms with Crippen LogP contribution >= 0.6 is 11.6 Å². The van der Waals surface area contributed by atoms with E-state index in [0.29, 0.717) is 6.04 Å². The lowest BCUT2D eigenvalue weighted by molar-refractivity contribution is -0.941. The Morgan fingerprint density at radius 2 is 2.00 bits per heavy atom. The first kappa shape index (κ1) is 21.7. The molecule has 2 heterocycles. The van der Waals surface area contributed by atoms with E-state index in [2.05, 4.69) is 6.92 Å². The molecule has 1 aromatic heterocycles. The Morgan fingerprint density at radius 3 is 2.68 bits per heavy atom. The third-order valence-electron chi connectivity index (χ3n) is 6.00. The van der Waals surface area contributed by atoms with Crippen molar-refractivity contribution in [3.05, 3.63) is 63.0 Å². The van der Waals surface area contributed by atoms with Crippen LogP contribution in [0.25, 0.3) is 22.1 Å². The molecule has 1 unspecified atom stereocenters. The second kappa shape index (κ2) is 8.20. The lowest BCUT2D eigenvalue weighted by Crippen LogP contribution is -3.14. The fraction of sp³-hybridized carbons (Fsp3) is 0.348. The first-order valence-corrected chi connectivity index (χ1v) is 10.5. The molecule has 0 bridgehead atoms. The highest BCUT2D eigenvalue weighted by molar-refractivity contribution is 6.30. The van der Waals surface area contributed by atoms with E-state index in [1.54, 1.807) is 0 Å². The number of piperidine rings is 1. The summed E-state index contributed by atoms with van der Waals surface area (Å²) >= 11 is 5.95. The Kier molecular flexibility index (Phi) is 5.75. The van der Waals surface area contributed by atoms with Gasteiger partial charge in [-0.1, -0.05) is 23.7 Å². The lowest BCUT2D eigenvalue weighted by atomic mass is 9.99. The van der Waals surface area contributed by atoms with Gasteiger partial charge in [-0.05, 0) is 56.0 Å². The summed E-state index contributed by atoms with van der Waals surface area (Å²) in [5.41, 5.74) is -1.35. The molecule has 2 N–H and O–H groups in total. The number of fused-ring (bicyclic) bond motifs is 1. The molecule has 1 aliphatic rings. The minimum Gasteiger partial charge on any atom is -0.507 e. The van der Waals surface area contributed by atoms with Gasteiger partial charge < -0.3 is 14.4 Å². The van der Waals surface area contributed by atoms with E-state index in [9.17, 15) is 23.1 Å². The summed E-state index contributed by atoms with van der Waals surface area (Å²) in [5, 5.41) is 10.7. The van der Waals surface area contributed by atoms with Crippen LogP contribution < -0.4 is 10.3 Å². The zero-order chi connectivity index (χ0) is 22.3. The van der Waals surface area contributed by atoms with Crippen LogP contribution in [0.15, 0.2) is 45.6 Å². The Bertz CT molecular complexity index is 1190. The molecule has 2 atom stereocenters. The van der Waals surface area contributed by atoms with Crippen LogP contribution in [0.1, 0.15) is 37.5 Å². The van der Waals surface area contributed by atoms with Crippen LogP contribution in [-0.2, 0) is 12.7 Å². The summed E-state index contributed by atoms with van der Waals surface area (Å²) in [6, 6.07) is 8.63. The molecular weight excluding hydrogens is 431 g/mol. The van der Waals surface area contributed by atoms with Crippen LogP contribution in [0.4, 0.5) is 13.2 Å². The number of rotatable bonds is 3. The highest BCUT2D eigenvalue weighted by Crippen LogP contribution is 2.39. The number of likely N-dealkylation sites (tertiary alicyclic amines) is 1. The minimum atomic E-state index is -4.90. The van der Waals surface area contributed by atoms with Gasteiger partial charge in [0.05, 0.1) is 29.1 Å². The molecule has 4 rings (SSSR count). The zero-order valence-electron chi connectivity index (χ0n) is 16.9. The summed E-state index contributed by atoms with van der Waals surface area (Å²) in [4.78, 5) is 14.4. The maximum atomic E-state index is 14.0. The Balaban J connectivity index is 1.97. The highest BCUT2D eigenvalue weighted by Gasteiger charge is 2.40. The third-order valence-corrected chi connectivity index (χ3v) is 6.23. The highest BCUT2D eigenvalue weighted by atomic mass is 35.5. The molecule has 0 saturated carbocycles. The summed E-state index contributed by atoms with van der Waals surface area (Å²) in [6.07, 6.45) is -1.80. The van der Waals surface area contributed by atoms with Crippen molar-refractivity contribution < 1.29 is 27.6 Å². The quantitative estimate of drug-likeness (QED) is 0.600. The summed E-state index contributed by atoms with van der Waals surface area (Å²) in [5.74, 6) is -1.56. The van der Waals surface area contributed by atoms with Gasteiger partial charge >= 0.3 is 6.18 Å². The van der Waals surface area contributed by atoms with E-state index in [0.717, 1.165) is 30.7 Å². The van der Waals surface area contributed by atoms with Gasteiger partial charge in [-0.2, -0.15) is 13.2 Å². The molecule has 0 spiro atoms. The van der Waals surface area contributed by atoms with Crippen molar-refractivity contribution in [2.45, 2.75) is 44.9 Å². The Morgan fingerprint density at radius 1 is 1.23 bits per heavy atom. The summed E-state index contributed by atoms with van der Waals surface area (Å²) < 4.78 is 47.3. The van der Waals surface area contributed by atoms with Crippen molar-refractivity contribution in [2.24, 2.45) is 0 Å². The number of hydrogen-bond donors (Lipinski definition) is 2. The Hall–Kier alpha value is -2.51. The maximum absolute atomic E-state index is 14.0. The number of phenols is 1. The van der Waals surface area contributed by atoms with Crippen molar-refractivity contribution in [3.63, 3.8) is 0 Å². The standard InChI is InChI=1S/C23H21ClF3NO3/c1-13-5-2-3-10-28(13)12-17-18(29)9-8-16-20(30)19(14-6-4-7-15(24)11-14)22(23(25,26)27)31-21(16)17/h4,6-9,11,13,29H,2-3,5,10,12H2,1H3/p+1/t13-/m0/s1. The smallest absolute Gasteiger partial charge is 0.450 e. The third kappa shape index (κ3) is 4.16. The normalized spacial score (nSPS) is 19.6. The van der Waals surface area contributed by atoms with Gasteiger partial charge in [0.15, 0.2) is 5.58 Å². The van der Waals surface area contributed by atoms with Crippen LogP contribution in [0.2, 0.25) is 5.02 Å². The van der Waals surface area contributed by atoms with Gasteiger partial charge in [-0.3, -0.25) is 4.79 Å². The molecule has 3 aromatic rings. The van der Waals surface area contributed by atoms with Crippen molar-refractivity contribution in [2.75, 3.05) is 6.54 Å². The molecule has 1 saturated heterocycles. The fourth-order valence-corrected chi connectivity index (χ4v) is 4.51. The average Bonchev–Trinajstić information content (AvgIpc) is 2.70. The van der Waals surface area contributed by atoms with Crippen molar-refractivity contribution >= 4 is 22.6 Å². The molecular formula is C23H22ClF3NO3+. The predicted molar refractivity (Wildman–Crippen MR) is 112 cm³/mol. The number of phenolic OH excluding ortho intramolecular Hbond substituents is 1. The van der Waals surface area contributed by atoms with E-state index in [-0.39, 0.29) is 39.4 Å². The first-order valence-electron chi connectivity index (χ1n) is 10.2. The molecule has 0 amide bonds. The SMILES string of the molecule is C[C@H]1CCCC[NH+]1Cc1c(O)ccc2c(=O)c(-c3cccc(Cl)c3)c(C(F)(F)F)oc12. The fourth-order valence-electron chi connectivity index (χ4n) is 4.32. The van der Waals surface area contributed by atoms with Gasteiger partial charge in [0, 0.05) is 5.02 Å². The van der Waals surface area contributed by atoms with Crippen LogP contribution in [0.5, 0.6) is 5.75 Å². The number of benzene rings is 2. The molecule has 2 aromatic carbocycles. The number of alkyl halides is 3. The number of hydrogen-bond acceptors (Lipinski definition) is 3. The van der Waals surface area contributed by atoms with Gasteiger partial charge in [0.2, 0.25) is 11.2 Å². The number of aromatic hydroxyl groups is 1. The lowest BCUT2D eigenvalue weighted by Gasteiger charge is -2.30. The number of quaternary nitrogens is 1. The topological polar surface area (TPSA) is 54.9 Å². The average molecular weight is 453 g/mol. The molecule has 4 nitrogen and oxygen atoms in total. The van der Waals surface area contributed by atoms with Crippen LogP contribution in [0, 0.1) is 0 Å². The first-order chi connectivity index (χ1) is 14.7. The second-order valence-corrected chi connectivity index (χ2v) is 8.50. The van der Waals surface area contributed by atoms with E-state index in [4.69, 9.17) is 16.0 Å². The molecule has 0 radical (unpaired) electrons. The predicted octanol–water partition coefficient (Wildman–Crippen LogP) is 4.80. The monoisotopic (exact) mass is 452 g/mol. The van der Waals surface area contributed by atoms with Crippen molar-refractivity contribution in [1.82, 2.24) is 0 Å². The molecule has 31 heavy (non-hydrogen) atoms. The van der Waals surface area contributed by atoms with E-state index in [1.807, 2.05) is 0 Å². The van der Waals surface area contributed by atoms with Crippen molar-refractivity contribution in [3.8, 4) is 16.9 Å². The molecule has 1 aliphatic heterocycles. The second-order valence-electron chi connectivity index (χ2n) is 8.07. The molecule has 164 valence electrons. The van der Waals surface area contributed by atoms with Gasteiger partial charge in [0.25, 0.3) is 0 Å². The van der Waals surface area contributed by atoms with Crippen molar-refractivity contribution in [1.29, 1.82) is 0 Å².